The first-order chi connectivity index (χ1) is 6.85. The van der Waals surface area contributed by atoms with Crippen LogP contribution in [0.15, 0.2) is 30.9 Å². The van der Waals surface area contributed by atoms with E-state index in [1.165, 1.54) is 16.8 Å². The molecule has 2 rings (SSSR count). The van der Waals surface area contributed by atoms with Gasteiger partial charge in [0.15, 0.2) is 0 Å². The van der Waals surface area contributed by atoms with Gasteiger partial charge in [0.05, 0.1) is 0 Å². The summed E-state index contributed by atoms with van der Waals surface area (Å²) in [5.41, 5.74) is 4.14. The fourth-order valence-electron chi connectivity index (χ4n) is 2.04. The molecule has 0 saturated carbocycles. The number of nitrogens with zero attached hydrogens (tertiary/aromatic N) is 1. The summed E-state index contributed by atoms with van der Waals surface area (Å²) in [4.78, 5) is 2.39. The van der Waals surface area contributed by atoms with Gasteiger partial charge in [-0.15, -0.1) is 6.58 Å². The van der Waals surface area contributed by atoms with Crippen molar-refractivity contribution in [2.24, 2.45) is 0 Å². The van der Waals surface area contributed by atoms with Crippen LogP contribution in [0.2, 0.25) is 0 Å². The van der Waals surface area contributed by atoms with Crippen LogP contribution in [-0.2, 0) is 13.1 Å². The zero-order valence-corrected chi connectivity index (χ0v) is 8.59. The van der Waals surface area contributed by atoms with Gasteiger partial charge < -0.3 is 5.32 Å². The van der Waals surface area contributed by atoms with Crippen molar-refractivity contribution < 1.29 is 0 Å². The van der Waals surface area contributed by atoms with Crippen molar-refractivity contribution in [2.75, 3.05) is 18.9 Å². The monoisotopic (exact) mass is 188 g/mol. The quantitative estimate of drug-likeness (QED) is 0.732. The van der Waals surface area contributed by atoms with E-state index in [0.29, 0.717) is 0 Å². The minimum atomic E-state index is 0.970. The number of benzene rings is 1. The van der Waals surface area contributed by atoms with Crippen molar-refractivity contribution in [3.63, 3.8) is 0 Å². The first kappa shape index (κ1) is 9.28. The molecule has 1 N–H and O–H groups in total. The van der Waals surface area contributed by atoms with Crippen LogP contribution < -0.4 is 5.32 Å². The third kappa shape index (κ3) is 1.53. The lowest BCUT2D eigenvalue weighted by Gasteiger charge is -2.11. The maximum Gasteiger partial charge on any atom is 0.0386 e. The fraction of sp³-hybridized carbons (Fsp3) is 0.333. The van der Waals surface area contributed by atoms with Crippen LogP contribution in [0.3, 0.4) is 0 Å². The number of anilines is 1. The van der Waals surface area contributed by atoms with E-state index >= 15 is 0 Å². The molecule has 14 heavy (non-hydrogen) atoms. The van der Waals surface area contributed by atoms with Gasteiger partial charge in [-0.2, -0.15) is 0 Å². The molecule has 1 aliphatic rings. The highest BCUT2D eigenvalue weighted by molar-refractivity contribution is 5.55. The molecule has 1 aliphatic heterocycles. The van der Waals surface area contributed by atoms with Gasteiger partial charge in [-0.1, -0.05) is 18.2 Å². The Morgan fingerprint density at radius 3 is 3.07 bits per heavy atom. The van der Waals surface area contributed by atoms with E-state index in [9.17, 15) is 0 Å². The normalized spacial score (nSPS) is 15.2. The van der Waals surface area contributed by atoms with Gasteiger partial charge in [0.1, 0.15) is 0 Å². The third-order valence-electron chi connectivity index (χ3n) is 2.71. The highest BCUT2D eigenvalue weighted by atomic mass is 15.1. The van der Waals surface area contributed by atoms with E-state index in [4.69, 9.17) is 0 Å². The topological polar surface area (TPSA) is 15.3 Å². The van der Waals surface area contributed by atoms with E-state index < -0.39 is 0 Å². The first-order valence-electron chi connectivity index (χ1n) is 4.97. The smallest absolute Gasteiger partial charge is 0.0386 e. The van der Waals surface area contributed by atoms with Crippen LogP contribution in [0.1, 0.15) is 11.1 Å². The van der Waals surface area contributed by atoms with Crippen molar-refractivity contribution in [1.82, 2.24) is 4.90 Å². The molecule has 0 amide bonds. The number of nitrogens with one attached hydrogen (secondary N) is 1. The summed E-state index contributed by atoms with van der Waals surface area (Å²) in [5, 5.41) is 3.24. The minimum Gasteiger partial charge on any atom is -0.388 e. The molecule has 2 heteroatoms. The van der Waals surface area contributed by atoms with Gasteiger partial charge >= 0.3 is 0 Å². The summed E-state index contributed by atoms with van der Waals surface area (Å²) in [6.45, 7) is 6.83. The maximum absolute atomic E-state index is 3.77. The molecule has 0 spiro atoms. The molecule has 0 atom stereocenters. The summed E-state index contributed by atoms with van der Waals surface area (Å²) in [5.74, 6) is 0. The van der Waals surface area contributed by atoms with Gasteiger partial charge in [-0.25, -0.2) is 0 Å². The molecule has 0 aromatic heterocycles. The van der Waals surface area contributed by atoms with Gasteiger partial charge in [-0.3, -0.25) is 4.90 Å². The van der Waals surface area contributed by atoms with Crippen molar-refractivity contribution in [3.8, 4) is 0 Å². The van der Waals surface area contributed by atoms with E-state index in [1.54, 1.807) is 0 Å². The number of fused-ring (bicyclic) bond motifs is 1. The molecular weight excluding hydrogens is 172 g/mol. The first-order valence-corrected chi connectivity index (χ1v) is 4.97. The SMILES string of the molecule is C=CCN1Cc2cccc(NC)c2C1. The van der Waals surface area contributed by atoms with Gasteiger partial charge in [0.25, 0.3) is 0 Å². The molecule has 0 radical (unpaired) electrons. The number of hydrogen-bond acceptors (Lipinski definition) is 2. The summed E-state index contributed by atoms with van der Waals surface area (Å²) >= 11 is 0. The second-order valence-corrected chi connectivity index (χ2v) is 3.65. The zero-order chi connectivity index (χ0) is 9.97. The second kappa shape index (κ2) is 3.84. The Morgan fingerprint density at radius 1 is 1.50 bits per heavy atom. The molecule has 1 heterocycles. The van der Waals surface area contributed by atoms with Crippen LogP contribution in [-0.4, -0.2) is 18.5 Å². The molecule has 74 valence electrons. The minimum absolute atomic E-state index is 0.970. The Hall–Kier alpha value is -1.28. The van der Waals surface area contributed by atoms with Gasteiger partial charge in [0.2, 0.25) is 0 Å². The molecule has 1 aromatic rings. The van der Waals surface area contributed by atoms with E-state index in [0.717, 1.165) is 19.6 Å². The van der Waals surface area contributed by atoms with Crippen molar-refractivity contribution in [1.29, 1.82) is 0 Å². The van der Waals surface area contributed by atoms with E-state index in [-0.39, 0.29) is 0 Å². The Balaban J connectivity index is 2.25. The van der Waals surface area contributed by atoms with E-state index in [2.05, 4.69) is 35.0 Å². The largest absolute Gasteiger partial charge is 0.388 e. The Kier molecular flexibility index (Phi) is 2.55. The molecular formula is C12H16N2. The van der Waals surface area contributed by atoms with Crippen molar-refractivity contribution in [2.45, 2.75) is 13.1 Å². The zero-order valence-electron chi connectivity index (χ0n) is 8.59. The van der Waals surface area contributed by atoms with Gasteiger partial charge in [0, 0.05) is 32.4 Å². The van der Waals surface area contributed by atoms with Crippen molar-refractivity contribution in [3.05, 3.63) is 42.0 Å². The highest BCUT2D eigenvalue weighted by Crippen LogP contribution is 2.28. The average Bonchev–Trinajstić information content (AvgIpc) is 2.60. The molecule has 0 saturated heterocycles. The third-order valence-corrected chi connectivity index (χ3v) is 2.71. The highest BCUT2D eigenvalue weighted by Gasteiger charge is 2.19. The summed E-state index contributed by atoms with van der Waals surface area (Å²) in [6.07, 6.45) is 1.96. The van der Waals surface area contributed by atoms with Crippen LogP contribution in [0, 0.1) is 0 Å². The number of rotatable bonds is 3. The van der Waals surface area contributed by atoms with E-state index in [1.807, 2.05) is 13.1 Å². The molecule has 2 nitrogen and oxygen atoms in total. The lowest BCUT2D eigenvalue weighted by atomic mass is 10.1. The molecule has 0 aliphatic carbocycles. The molecule has 0 bridgehead atoms. The predicted octanol–water partition coefficient (Wildman–Crippen LogP) is 2.23. The second-order valence-electron chi connectivity index (χ2n) is 3.65. The van der Waals surface area contributed by atoms with Crippen LogP contribution >= 0.6 is 0 Å². The Labute approximate surface area is 85.2 Å². The lowest BCUT2D eigenvalue weighted by molar-refractivity contribution is 0.317. The van der Waals surface area contributed by atoms with Crippen LogP contribution in [0.4, 0.5) is 5.69 Å². The number of hydrogen-bond donors (Lipinski definition) is 1. The summed E-state index contributed by atoms with van der Waals surface area (Å²) in [6, 6.07) is 6.46. The standard InChI is InChI=1S/C12H16N2/c1-3-7-14-8-10-5-4-6-12(13-2)11(10)9-14/h3-6,13H,1,7-9H2,2H3. The average molecular weight is 188 g/mol. The van der Waals surface area contributed by atoms with Gasteiger partial charge in [-0.05, 0) is 17.2 Å². The summed E-state index contributed by atoms with van der Waals surface area (Å²) in [7, 11) is 1.98. The molecule has 1 aromatic carbocycles. The maximum atomic E-state index is 3.77. The Bertz CT molecular complexity index is 344. The Morgan fingerprint density at radius 2 is 2.36 bits per heavy atom. The van der Waals surface area contributed by atoms with Crippen molar-refractivity contribution >= 4 is 5.69 Å². The fourth-order valence-corrected chi connectivity index (χ4v) is 2.04. The molecule has 0 fully saturated rings. The lowest BCUT2D eigenvalue weighted by Crippen LogP contribution is -2.15. The van der Waals surface area contributed by atoms with Crippen LogP contribution in [0.25, 0.3) is 0 Å². The molecule has 0 unspecified atom stereocenters. The van der Waals surface area contributed by atoms with Crippen LogP contribution in [0.5, 0.6) is 0 Å². The predicted molar refractivity (Wildman–Crippen MR) is 60.3 cm³/mol. The summed E-state index contributed by atoms with van der Waals surface area (Å²) < 4.78 is 0.